The summed E-state index contributed by atoms with van der Waals surface area (Å²) in [4.78, 5) is 22.3. The molecule has 0 bridgehead atoms. The summed E-state index contributed by atoms with van der Waals surface area (Å²) in [6.45, 7) is 2.41. The molecule has 0 saturated carbocycles. The molecule has 0 unspecified atom stereocenters. The molecule has 0 aliphatic rings. The number of rotatable bonds is 4. The number of carbonyl (C=O) groups excluding carboxylic acids is 2. The molecule has 104 valence electrons. The van der Waals surface area contributed by atoms with Crippen LogP contribution in [-0.4, -0.2) is 18.5 Å². The lowest BCUT2D eigenvalue weighted by Crippen LogP contribution is -2.29. The van der Waals surface area contributed by atoms with E-state index in [0.29, 0.717) is 0 Å². The molecule has 0 radical (unpaired) electrons. The van der Waals surface area contributed by atoms with Crippen molar-refractivity contribution in [3.8, 4) is 0 Å². The number of benzene rings is 1. The standard InChI is InChI=1S/C12H12ClF2NO3/c1-3-19-11(18)12(14,15)9-5-4-8(13)6-10(9)16-7(2)17/h4-6H,3H2,1-2H3,(H,16,17). The SMILES string of the molecule is CCOC(=O)C(F)(F)c1ccc(Cl)cc1NC(C)=O. The average Bonchev–Trinajstić information content (AvgIpc) is 2.28. The lowest BCUT2D eigenvalue weighted by molar-refractivity contribution is -0.173. The second-order valence-corrected chi connectivity index (χ2v) is 4.10. The van der Waals surface area contributed by atoms with Crippen LogP contribution in [0.5, 0.6) is 0 Å². The minimum absolute atomic E-state index is 0.159. The number of amides is 1. The van der Waals surface area contributed by atoms with Gasteiger partial charge in [-0.1, -0.05) is 11.6 Å². The number of halogens is 3. The third kappa shape index (κ3) is 3.64. The van der Waals surface area contributed by atoms with E-state index in [1.54, 1.807) is 0 Å². The normalized spacial score (nSPS) is 11.0. The Labute approximate surface area is 113 Å². The van der Waals surface area contributed by atoms with Crippen LogP contribution in [-0.2, 0) is 20.2 Å². The zero-order chi connectivity index (χ0) is 14.6. The Morgan fingerprint density at radius 2 is 2.05 bits per heavy atom. The number of anilines is 1. The van der Waals surface area contributed by atoms with Gasteiger partial charge in [0.05, 0.1) is 17.9 Å². The first-order valence-electron chi connectivity index (χ1n) is 5.41. The molecule has 0 aliphatic heterocycles. The van der Waals surface area contributed by atoms with E-state index in [1.807, 2.05) is 0 Å². The molecule has 1 aromatic carbocycles. The fourth-order valence-corrected chi connectivity index (χ4v) is 1.59. The van der Waals surface area contributed by atoms with E-state index >= 15 is 0 Å². The molecule has 1 N–H and O–H groups in total. The quantitative estimate of drug-likeness (QED) is 0.868. The number of alkyl halides is 2. The van der Waals surface area contributed by atoms with E-state index in [2.05, 4.69) is 10.1 Å². The van der Waals surface area contributed by atoms with E-state index < -0.39 is 23.4 Å². The van der Waals surface area contributed by atoms with Crippen molar-refractivity contribution in [2.24, 2.45) is 0 Å². The van der Waals surface area contributed by atoms with Crippen LogP contribution in [0.2, 0.25) is 5.02 Å². The maximum absolute atomic E-state index is 13.9. The van der Waals surface area contributed by atoms with Gasteiger partial charge in [-0.25, -0.2) is 4.79 Å². The number of carbonyl (C=O) groups is 2. The lowest BCUT2D eigenvalue weighted by Gasteiger charge is -2.18. The van der Waals surface area contributed by atoms with Crippen LogP contribution in [0.15, 0.2) is 18.2 Å². The van der Waals surface area contributed by atoms with Crippen LogP contribution in [0.4, 0.5) is 14.5 Å². The first kappa shape index (κ1) is 15.4. The van der Waals surface area contributed by atoms with Crippen molar-refractivity contribution in [2.45, 2.75) is 19.8 Å². The van der Waals surface area contributed by atoms with Gasteiger partial charge in [0.25, 0.3) is 0 Å². The van der Waals surface area contributed by atoms with Crippen LogP contribution in [0.25, 0.3) is 0 Å². The van der Waals surface area contributed by atoms with Crippen molar-refractivity contribution in [1.29, 1.82) is 0 Å². The molecule has 1 amide bonds. The Balaban J connectivity index is 3.24. The summed E-state index contributed by atoms with van der Waals surface area (Å²) in [5.74, 6) is -6.09. The predicted molar refractivity (Wildman–Crippen MR) is 66.3 cm³/mol. The van der Waals surface area contributed by atoms with E-state index in [-0.39, 0.29) is 17.3 Å². The molecule has 0 heterocycles. The highest BCUT2D eigenvalue weighted by Crippen LogP contribution is 2.36. The molecule has 7 heteroatoms. The van der Waals surface area contributed by atoms with Gasteiger partial charge in [0, 0.05) is 11.9 Å². The smallest absolute Gasteiger partial charge is 0.382 e. The van der Waals surface area contributed by atoms with Crippen molar-refractivity contribution >= 4 is 29.2 Å². The Bertz CT molecular complexity index is 506. The number of esters is 1. The average molecular weight is 292 g/mol. The zero-order valence-electron chi connectivity index (χ0n) is 10.3. The van der Waals surface area contributed by atoms with Crippen molar-refractivity contribution < 1.29 is 23.1 Å². The minimum Gasteiger partial charge on any atom is -0.461 e. The molecule has 0 aromatic heterocycles. The number of ether oxygens (including phenoxy) is 1. The van der Waals surface area contributed by atoms with E-state index in [9.17, 15) is 18.4 Å². The second kappa shape index (κ2) is 5.97. The van der Waals surface area contributed by atoms with Crippen molar-refractivity contribution in [2.75, 3.05) is 11.9 Å². The highest BCUT2D eigenvalue weighted by Gasteiger charge is 2.44. The summed E-state index contributed by atoms with van der Waals surface area (Å²) in [6.07, 6.45) is 0. The van der Waals surface area contributed by atoms with Crippen molar-refractivity contribution in [1.82, 2.24) is 0 Å². The summed E-state index contributed by atoms with van der Waals surface area (Å²) in [6, 6.07) is 3.32. The van der Waals surface area contributed by atoms with Gasteiger partial charge in [-0.3, -0.25) is 4.79 Å². The Hall–Kier alpha value is -1.69. The fourth-order valence-electron chi connectivity index (χ4n) is 1.42. The maximum atomic E-state index is 13.9. The summed E-state index contributed by atoms with van der Waals surface area (Å²) >= 11 is 5.68. The fraction of sp³-hybridized carbons (Fsp3) is 0.333. The first-order chi connectivity index (χ1) is 8.78. The molecule has 4 nitrogen and oxygen atoms in total. The molecular formula is C12H12ClF2NO3. The van der Waals surface area contributed by atoms with Crippen LogP contribution < -0.4 is 5.32 Å². The molecule has 19 heavy (non-hydrogen) atoms. The van der Waals surface area contributed by atoms with Gasteiger partial charge in [-0.2, -0.15) is 8.78 Å². The van der Waals surface area contributed by atoms with Gasteiger partial charge < -0.3 is 10.1 Å². The summed E-state index contributed by atoms with van der Waals surface area (Å²) in [5.41, 5.74) is -0.886. The molecule has 0 atom stereocenters. The predicted octanol–water partition coefficient (Wildman–Crippen LogP) is 2.95. The zero-order valence-corrected chi connectivity index (χ0v) is 11.1. The minimum atomic E-state index is -3.86. The topological polar surface area (TPSA) is 55.4 Å². The molecule has 0 fully saturated rings. The van der Waals surface area contributed by atoms with Gasteiger partial charge in [0.15, 0.2) is 0 Å². The van der Waals surface area contributed by atoms with Crippen LogP contribution in [0.3, 0.4) is 0 Å². The third-order valence-corrected chi connectivity index (χ3v) is 2.40. The highest BCUT2D eigenvalue weighted by molar-refractivity contribution is 6.31. The van der Waals surface area contributed by atoms with Crippen LogP contribution in [0.1, 0.15) is 19.4 Å². The Morgan fingerprint density at radius 3 is 2.58 bits per heavy atom. The summed E-state index contributed by atoms with van der Waals surface area (Å²) < 4.78 is 32.1. The third-order valence-electron chi connectivity index (χ3n) is 2.16. The number of hydrogen-bond donors (Lipinski definition) is 1. The van der Waals surface area contributed by atoms with Crippen molar-refractivity contribution in [3.05, 3.63) is 28.8 Å². The number of hydrogen-bond acceptors (Lipinski definition) is 3. The van der Waals surface area contributed by atoms with Crippen LogP contribution in [0, 0.1) is 0 Å². The van der Waals surface area contributed by atoms with E-state index in [0.717, 1.165) is 19.1 Å². The van der Waals surface area contributed by atoms with Gasteiger partial charge in [-0.05, 0) is 25.1 Å². The largest absolute Gasteiger partial charge is 0.461 e. The summed E-state index contributed by atoms with van der Waals surface area (Å²) in [7, 11) is 0. The van der Waals surface area contributed by atoms with Gasteiger partial charge in [0.2, 0.25) is 5.91 Å². The molecule has 0 aliphatic carbocycles. The van der Waals surface area contributed by atoms with Crippen molar-refractivity contribution in [3.63, 3.8) is 0 Å². The van der Waals surface area contributed by atoms with Gasteiger partial charge in [-0.15, -0.1) is 0 Å². The monoisotopic (exact) mass is 291 g/mol. The maximum Gasteiger partial charge on any atom is 0.382 e. The molecular weight excluding hydrogens is 280 g/mol. The number of nitrogens with one attached hydrogen (secondary N) is 1. The Kier molecular flexibility index (Phi) is 4.83. The first-order valence-corrected chi connectivity index (χ1v) is 5.79. The molecule has 0 saturated heterocycles. The van der Waals surface area contributed by atoms with Gasteiger partial charge >= 0.3 is 11.9 Å². The van der Waals surface area contributed by atoms with Gasteiger partial charge in [0.1, 0.15) is 0 Å². The molecule has 0 spiro atoms. The summed E-state index contributed by atoms with van der Waals surface area (Å²) in [5, 5.41) is 2.37. The lowest BCUT2D eigenvalue weighted by atomic mass is 10.1. The second-order valence-electron chi connectivity index (χ2n) is 3.67. The molecule has 1 aromatic rings. The van der Waals surface area contributed by atoms with Crippen LogP contribution >= 0.6 is 11.6 Å². The van der Waals surface area contributed by atoms with E-state index in [1.165, 1.54) is 13.0 Å². The van der Waals surface area contributed by atoms with E-state index in [4.69, 9.17) is 11.6 Å². The Morgan fingerprint density at radius 1 is 1.42 bits per heavy atom. The molecule has 1 rings (SSSR count). The highest BCUT2D eigenvalue weighted by atomic mass is 35.5.